The van der Waals surface area contributed by atoms with E-state index in [4.69, 9.17) is 26.3 Å². The van der Waals surface area contributed by atoms with E-state index in [1.807, 2.05) is 6.07 Å². The van der Waals surface area contributed by atoms with Crippen molar-refractivity contribution in [2.75, 3.05) is 11.9 Å². The largest absolute Gasteiger partial charge is 0.490 e. The highest BCUT2D eigenvalue weighted by Crippen LogP contribution is 2.37. The van der Waals surface area contributed by atoms with Crippen molar-refractivity contribution in [3.05, 3.63) is 71.3 Å². The van der Waals surface area contributed by atoms with Crippen LogP contribution in [0.4, 0.5) is 5.69 Å². The number of amides is 1. The van der Waals surface area contributed by atoms with Gasteiger partial charge in [0.15, 0.2) is 11.5 Å². The number of nitriles is 1. The minimum absolute atomic E-state index is 0.0299. The molecule has 8 nitrogen and oxygen atoms in total. The first-order valence-corrected chi connectivity index (χ1v) is 9.82. The highest BCUT2D eigenvalue weighted by Gasteiger charge is 2.18. The van der Waals surface area contributed by atoms with Crippen LogP contribution >= 0.6 is 11.6 Å². The minimum atomic E-state index is -0.679. The van der Waals surface area contributed by atoms with Crippen LogP contribution in [-0.2, 0) is 11.3 Å². The van der Waals surface area contributed by atoms with Gasteiger partial charge in [-0.05, 0) is 31.2 Å². The standard InChI is InChI=1S/C22H19ClN4O4/c1-2-30-19-11-15(13-24)10-18(23)21(19)31-22(29)16-4-3-5-17(12-16)26-20(28)6-8-27-9-7-25-14-27/h3-5,7,9-12,14H,2,6,8H2,1H3,(H,26,28). The van der Waals surface area contributed by atoms with Gasteiger partial charge in [-0.25, -0.2) is 9.78 Å². The zero-order valence-corrected chi connectivity index (χ0v) is 17.4. The van der Waals surface area contributed by atoms with Crippen LogP contribution in [0.1, 0.15) is 29.3 Å². The lowest BCUT2D eigenvalue weighted by molar-refractivity contribution is -0.116. The summed E-state index contributed by atoms with van der Waals surface area (Å²) in [5, 5.41) is 11.9. The van der Waals surface area contributed by atoms with Crippen molar-refractivity contribution in [1.82, 2.24) is 9.55 Å². The fourth-order valence-corrected chi connectivity index (χ4v) is 2.99. The predicted octanol–water partition coefficient (Wildman–Crippen LogP) is 4.05. The number of esters is 1. The minimum Gasteiger partial charge on any atom is -0.490 e. The van der Waals surface area contributed by atoms with Crippen LogP contribution in [0.5, 0.6) is 11.5 Å². The van der Waals surface area contributed by atoms with Gasteiger partial charge in [-0.1, -0.05) is 17.7 Å². The van der Waals surface area contributed by atoms with Gasteiger partial charge in [-0.15, -0.1) is 0 Å². The van der Waals surface area contributed by atoms with Gasteiger partial charge in [-0.2, -0.15) is 5.26 Å². The number of aryl methyl sites for hydroxylation is 1. The number of anilines is 1. The van der Waals surface area contributed by atoms with Crippen LogP contribution in [-0.4, -0.2) is 28.0 Å². The second kappa shape index (κ2) is 10.3. The number of benzene rings is 2. The highest BCUT2D eigenvalue weighted by molar-refractivity contribution is 6.32. The van der Waals surface area contributed by atoms with Crippen LogP contribution in [0.2, 0.25) is 5.02 Å². The number of hydrogen-bond donors (Lipinski definition) is 1. The van der Waals surface area contributed by atoms with Crippen LogP contribution in [0, 0.1) is 11.3 Å². The Morgan fingerprint density at radius 1 is 1.29 bits per heavy atom. The maximum absolute atomic E-state index is 12.7. The monoisotopic (exact) mass is 438 g/mol. The van der Waals surface area contributed by atoms with E-state index in [1.165, 1.54) is 18.2 Å². The number of carbonyl (C=O) groups is 2. The summed E-state index contributed by atoms with van der Waals surface area (Å²) in [6.07, 6.45) is 5.30. The molecule has 2 aromatic carbocycles. The topological polar surface area (TPSA) is 106 Å². The van der Waals surface area contributed by atoms with E-state index in [2.05, 4.69) is 10.3 Å². The molecule has 0 aliphatic rings. The van der Waals surface area contributed by atoms with E-state index in [0.717, 1.165) is 0 Å². The molecule has 0 saturated carbocycles. The van der Waals surface area contributed by atoms with Crippen molar-refractivity contribution >= 4 is 29.2 Å². The normalized spacial score (nSPS) is 10.2. The highest BCUT2D eigenvalue weighted by atomic mass is 35.5. The van der Waals surface area contributed by atoms with Crippen LogP contribution < -0.4 is 14.8 Å². The number of rotatable bonds is 8. The lowest BCUT2D eigenvalue weighted by Crippen LogP contribution is -2.15. The van der Waals surface area contributed by atoms with Gasteiger partial charge >= 0.3 is 5.97 Å². The molecule has 3 aromatic rings. The van der Waals surface area contributed by atoms with E-state index in [1.54, 1.807) is 48.4 Å². The van der Waals surface area contributed by atoms with Gasteiger partial charge < -0.3 is 19.4 Å². The van der Waals surface area contributed by atoms with Crippen LogP contribution in [0.3, 0.4) is 0 Å². The smallest absolute Gasteiger partial charge is 0.343 e. The Bertz CT molecular complexity index is 1120. The third kappa shape index (κ3) is 5.84. The maximum atomic E-state index is 12.7. The molecule has 0 radical (unpaired) electrons. The number of imidazole rings is 1. The van der Waals surface area contributed by atoms with Gasteiger partial charge in [0, 0.05) is 37.1 Å². The number of nitrogens with zero attached hydrogens (tertiary/aromatic N) is 3. The number of halogens is 1. The van der Waals surface area contributed by atoms with Crippen molar-refractivity contribution in [1.29, 1.82) is 5.26 Å². The Morgan fingerprint density at radius 2 is 2.13 bits per heavy atom. The summed E-state index contributed by atoms with van der Waals surface area (Å²) in [7, 11) is 0. The summed E-state index contributed by atoms with van der Waals surface area (Å²) >= 11 is 6.19. The summed E-state index contributed by atoms with van der Waals surface area (Å²) in [5.74, 6) is -0.652. The number of carbonyl (C=O) groups excluding carboxylic acids is 2. The van der Waals surface area contributed by atoms with E-state index in [0.29, 0.717) is 18.8 Å². The number of hydrogen-bond acceptors (Lipinski definition) is 6. The zero-order valence-electron chi connectivity index (χ0n) is 16.7. The molecule has 9 heteroatoms. The van der Waals surface area contributed by atoms with Crippen molar-refractivity contribution in [2.24, 2.45) is 0 Å². The van der Waals surface area contributed by atoms with Crippen molar-refractivity contribution in [3.8, 4) is 17.6 Å². The first-order chi connectivity index (χ1) is 15.0. The number of aromatic nitrogens is 2. The van der Waals surface area contributed by atoms with Gasteiger partial charge in [0.2, 0.25) is 5.91 Å². The molecule has 0 spiro atoms. The molecule has 0 aliphatic heterocycles. The molecule has 158 valence electrons. The number of nitrogens with one attached hydrogen (secondary N) is 1. The fraction of sp³-hybridized carbons (Fsp3) is 0.182. The third-order valence-corrected chi connectivity index (χ3v) is 4.45. The van der Waals surface area contributed by atoms with Crippen molar-refractivity contribution in [3.63, 3.8) is 0 Å². The summed E-state index contributed by atoms with van der Waals surface area (Å²) in [5.41, 5.74) is 0.963. The third-order valence-electron chi connectivity index (χ3n) is 4.17. The molecule has 1 amide bonds. The van der Waals surface area contributed by atoms with Crippen LogP contribution in [0.25, 0.3) is 0 Å². The molecule has 0 saturated heterocycles. The lowest BCUT2D eigenvalue weighted by Gasteiger charge is -2.13. The first-order valence-electron chi connectivity index (χ1n) is 9.44. The summed E-state index contributed by atoms with van der Waals surface area (Å²) in [4.78, 5) is 28.8. The predicted molar refractivity (Wildman–Crippen MR) is 114 cm³/mol. The molecule has 31 heavy (non-hydrogen) atoms. The van der Waals surface area contributed by atoms with E-state index < -0.39 is 5.97 Å². The second-order valence-electron chi connectivity index (χ2n) is 6.40. The SMILES string of the molecule is CCOc1cc(C#N)cc(Cl)c1OC(=O)c1cccc(NC(=O)CCn2ccnc2)c1. The number of ether oxygens (including phenoxy) is 2. The Labute approximate surface area is 184 Å². The molecule has 1 heterocycles. The van der Waals surface area contributed by atoms with Crippen molar-refractivity contribution < 1.29 is 19.1 Å². The Morgan fingerprint density at radius 3 is 2.84 bits per heavy atom. The summed E-state index contributed by atoms with van der Waals surface area (Å²) in [6, 6.07) is 11.2. The average molecular weight is 439 g/mol. The second-order valence-corrected chi connectivity index (χ2v) is 6.81. The van der Waals surface area contributed by atoms with E-state index >= 15 is 0 Å². The summed E-state index contributed by atoms with van der Waals surface area (Å²) < 4.78 is 12.7. The van der Waals surface area contributed by atoms with Gasteiger partial charge in [0.25, 0.3) is 0 Å². The zero-order chi connectivity index (χ0) is 22.2. The quantitative estimate of drug-likeness (QED) is 0.420. The van der Waals surface area contributed by atoms with Gasteiger partial charge in [-0.3, -0.25) is 4.79 Å². The molecule has 0 bridgehead atoms. The Hall–Kier alpha value is -3.83. The van der Waals surface area contributed by atoms with Gasteiger partial charge in [0.1, 0.15) is 0 Å². The molecule has 0 atom stereocenters. The molecule has 1 aromatic heterocycles. The Kier molecular flexibility index (Phi) is 7.25. The van der Waals surface area contributed by atoms with Gasteiger partial charge in [0.05, 0.1) is 35.2 Å². The van der Waals surface area contributed by atoms with E-state index in [-0.39, 0.29) is 40.0 Å². The molecular weight excluding hydrogens is 420 g/mol. The molecule has 1 N–H and O–H groups in total. The molecule has 0 aliphatic carbocycles. The Balaban J connectivity index is 1.70. The van der Waals surface area contributed by atoms with Crippen LogP contribution in [0.15, 0.2) is 55.1 Å². The molecular formula is C22H19ClN4O4. The molecule has 3 rings (SSSR count). The average Bonchev–Trinajstić information content (AvgIpc) is 3.28. The lowest BCUT2D eigenvalue weighted by atomic mass is 10.2. The molecule has 0 unspecified atom stereocenters. The van der Waals surface area contributed by atoms with Crippen molar-refractivity contribution in [2.45, 2.75) is 19.9 Å². The maximum Gasteiger partial charge on any atom is 0.343 e. The fourth-order valence-electron chi connectivity index (χ4n) is 2.74. The molecule has 0 fully saturated rings. The van der Waals surface area contributed by atoms with E-state index in [9.17, 15) is 9.59 Å². The summed E-state index contributed by atoms with van der Waals surface area (Å²) in [6.45, 7) is 2.55. The first kappa shape index (κ1) is 21.9.